The number of rotatable bonds is 3. The zero-order chi connectivity index (χ0) is 11.5. The first kappa shape index (κ1) is 16.2. The summed E-state index contributed by atoms with van der Waals surface area (Å²) in [7, 11) is 1.23. The molecule has 0 aliphatic carbocycles. The molecular weight excluding hydrogens is 247 g/mol. The van der Waals surface area contributed by atoms with Crippen molar-refractivity contribution in [2.45, 2.75) is 6.42 Å². The Morgan fingerprint density at radius 3 is 2.12 bits per heavy atom. The second kappa shape index (κ2) is 6.81. The minimum absolute atomic E-state index is 0. The summed E-state index contributed by atoms with van der Waals surface area (Å²) in [5, 5.41) is 0. The standard InChI is InChI=1S/C9H9BF3O2.K/c1-15-9(14)6-7-2-4-8(5-3-7)10(11,12)13;/h2-5H,6H2,1H3;/q-1;+1. The summed E-state index contributed by atoms with van der Waals surface area (Å²) in [5.41, 5.74) is -0.158. The van der Waals surface area contributed by atoms with Gasteiger partial charge in [-0.3, -0.25) is 4.79 Å². The van der Waals surface area contributed by atoms with E-state index in [2.05, 4.69) is 4.74 Å². The van der Waals surface area contributed by atoms with Crippen LogP contribution in [0.4, 0.5) is 12.9 Å². The van der Waals surface area contributed by atoms with Crippen LogP contribution in [0.2, 0.25) is 0 Å². The van der Waals surface area contributed by atoms with Gasteiger partial charge in [-0.25, -0.2) is 0 Å². The predicted molar refractivity (Wildman–Crippen MR) is 50.9 cm³/mol. The van der Waals surface area contributed by atoms with E-state index in [-0.39, 0.29) is 57.8 Å². The fourth-order valence-electron chi connectivity index (χ4n) is 1.09. The first-order chi connectivity index (χ1) is 6.93. The van der Waals surface area contributed by atoms with Gasteiger partial charge in [0.25, 0.3) is 0 Å². The molecule has 2 nitrogen and oxygen atoms in total. The Morgan fingerprint density at radius 1 is 1.25 bits per heavy atom. The van der Waals surface area contributed by atoms with Crippen LogP contribution in [0.5, 0.6) is 0 Å². The van der Waals surface area contributed by atoms with Crippen molar-refractivity contribution in [2.24, 2.45) is 0 Å². The zero-order valence-corrected chi connectivity index (χ0v) is 12.2. The summed E-state index contributed by atoms with van der Waals surface area (Å²) >= 11 is 0. The normalized spacial score (nSPS) is 10.5. The number of ether oxygens (including phenoxy) is 1. The first-order valence-electron chi connectivity index (χ1n) is 4.29. The molecule has 7 heteroatoms. The maximum absolute atomic E-state index is 12.2. The average molecular weight is 256 g/mol. The van der Waals surface area contributed by atoms with Gasteiger partial charge in [-0.05, 0) is 5.56 Å². The fourth-order valence-corrected chi connectivity index (χ4v) is 1.09. The van der Waals surface area contributed by atoms with Gasteiger partial charge in [-0.2, -0.15) is 0 Å². The third kappa shape index (κ3) is 5.01. The van der Waals surface area contributed by atoms with Crippen LogP contribution in [0, 0.1) is 0 Å². The smallest absolute Gasteiger partial charge is 0.469 e. The Kier molecular flexibility index (Phi) is 6.88. The summed E-state index contributed by atoms with van der Waals surface area (Å²) < 4.78 is 41.1. The Bertz CT molecular complexity index is 351. The van der Waals surface area contributed by atoms with Gasteiger partial charge in [0.05, 0.1) is 13.5 Å². The fraction of sp³-hybridized carbons (Fsp3) is 0.222. The molecule has 0 radical (unpaired) electrons. The van der Waals surface area contributed by atoms with Crippen molar-refractivity contribution in [3.8, 4) is 0 Å². The molecule has 0 unspecified atom stereocenters. The number of benzene rings is 1. The number of hydrogen-bond donors (Lipinski definition) is 0. The van der Waals surface area contributed by atoms with Crippen molar-refractivity contribution in [3.63, 3.8) is 0 Å². The van der Waals surface area contributed by atoms with Crippen LogP contribution in [-0.2, 0) is 16.0 Å². The average Bonchev–Trinajstić information content (AvgIpc) is 2.17. The van der Waals surface area contributed by atoms with Crippen LogP contribution in [0.25, 0.3) is 0 Å². The molecule has 0 saturated carbocycles. The molecule has 0 aromatic heterocycles. The van der Waals surface area contributed by atoms with Crippen molar-refractivity contribution < 1.29 is 73.9 Å². The van der Waals surface area contributed by atoms with E-state index in [0.717, 1.165) is 12.1 Å². The van der Waals surface area contributed by atoms with Gasteiger partial charge < -0.3 is 17.7 Å². The number of halogens is 3. The van der Waals surface area contributed by atoms with Crippen molar-refractivity contribution >= 4 is 18.4 Å². The van der Waals surface area contributed by atoms with E-state index in [0.29, 0.717) is 5.56 Å². The monoisotopic (exact) mass is 256 g/mol. The molecule has 0 N–H and O–H groups in total. The number of hydrogen-bond acceptors (Lipinski definition) is 2. The van der Waals surface area contributed by atoms with E-state index >= 15 is 0 Å². The van der Waals surface area contributed by atoms with Crippen molar-refractivity contribution in [1.29, 1.82) is 0 Å². The third-order valence-electron chi connectivity index (χ3n) is 1.93. The Balaban J connectivity index is 0.00000225. The maximum Gasteiger partial charge on any atom is 1.00 e. The number of carbonyl (C=O) groups is 1. The number of methoxy groups -OCH3 is 1. The van der Waals surface area contributed by atoms with Gasteiger partial charge in [-0.1, -0.05) is 24.3 Å². The molecular formula is C9H9BF3KO2. The molecule has 16 heavy (non-hydrogen) atoms. The molecule has 0 heterocycles. The van der Waals surface area contributed by atoms with Crippen LogP contribution < -0.4 is 56.8 Å². The Morgan fingerprint density at radius 2 is 1.75 bits per heavy atom. The third-order valence-corrected chi connectivity index (χ3v) is 1.93. The van der Waals surface area contributed by atoms with Crippen LogP contribution >= 0.6 is 0 Å². The topological polar surface area (TPSA) is 26.3 Å². The molecule has 0 spiro atoms. The summed E-state index contributed by atoms with van der Waals surface area (Å²) in [6.45, 7) is -4.96. The molecule has 0 bridgehead atoms. The van der Waals surface area contributed by atoms with E-state index < -0.39 is 18.4 Å². The Labute approximate surface area is 134 Å². The van der Waals surface area contributed by atoms with Crippen molar-refractivity contribution in [3.05, 3.63) is 29.8 Å². The number of esters is 1. The molecule has 1 aromatic carbocycles. The maximum atomic E-state index is 12.2. The Hall–Kier alpha value is 0.181. The van der Waals surface area contributed by atoms with E-state index in [4.69, 9.17) is 0 Å². The molecule has 0 saturated heterocycles. The minimum Gasteiger partial charge on any atom is -0.469 e. The number of carbonyl (C=O) groups excluding carboxylic acids is 1. The van der Waals surface area contributed by atoms with E-state index in [9.17, 15) is 17.7 Å². The molecule has 0 aliphatic rings. The van der Waals surface area contributed by atoms with Crippen LogP contribution in [0.15, 0.2) is 24.3 Å². The van der Waals surface area contributed by atoms with Crippen molar-refractivity contribution in [2.75, 3.05) is 7.11 Å². The van der Waals surface area contributed by atoms with E-state index in [1.54, 1.807) is 0 Å². The van der Waals surface area contributed by atoms with Crippen LogP contribution in [0.3, 0.4) is 0 Å². The summed E-state index contributed by atoms with van der Waals surface area (Å²) in [6.07, 6.45) is -0.0123. The second-order valence-electron chi connectivity index (χ2n) is 3.07. The van der Waals surface area contributed by atoms with Gasteiger partial charge in [-0.15, -0.1) is 5.46 Å². The van der Waals surface area contributed by atoms with Gasteiger partial charge in [0.15, 0.2) is 0 Å². The van der Waals surface area contributed by atoms with Gasteiger partial charge >= 0.3 is 64.3 Å². The minimum atomic E-state index is -4.96. The van der Waals surface area contributed by atoms with Gasteiger partial charge in [0.2, 0.25) is 0 Å². The molecule has 0 aliphatic heterocycles. The summed E-state index contributed by atoms with van der Waals surface area (Å²) in [5.74, 6) is -0.472. The molecule has 0 fully saturated rings. The molecule has 1 aromatic rings. The molecule has 0 amide bonds. The van der Waals surface area contributed by atoms with Gasteiger partial charge in [0.1, 0.15) is 0 Å². The van der Waals surface area contributed by atoms with Crippen LogP contribution in [-0.4, -0.2) is 20.1 Å². The van der Waals surface area contributed by atoms with E-state index in [1.165, 1.54) is 19.2 Å². The molecule has 82 valence electrons. The van der Waals surface area contributed by atoms with Gasteiger partial charge in [0, 0.05) is 0 Å². The van der Waals surface area contributed by atoms with Crippen LogP contribution in [0.1, 0.15) is 5.56 Å². The second-order valence-corrected chi connectivity index (χ2v) is 3.07. The zero-order valence-electron chi connectivity index (χ0n) is 9.04. The summed E-state index contributed by atoms with van der Waals surface area (Å²) in [6, 6.07) is 4.50. The quantitative estimate of drug-likeness (QED) is 0.484. The molecule has 1 rings (SSSR count). The SMILES string of the molecule is COC(=O)Cc1ccc([B-](F)(F)F)cc1.[K+]. The summed E-state index contributed by atoms with van der Waals surface area (Å²) in [4.78, 5) is 10.8. The first-order valence-corrected chi connectivity index (χ1v) is 4.29. The predicted octanol–water partition coefficient (Wildman–Crippen LogP) is -1.54. The molecule has 0 atom stereocenters. The largest absolute Gasteiger partial charge is 1.00 e. The van der Waals surface area contributed by atoms with Crippen molar-refractivity contribution in [1.82, 2.24) is 0 Å². The van der Waals surface area contributed by atoms with E-state index in [1.807, 2.05) is 0 Å².